The van der Waals surface area contributed by atoms with Crippen molar-refractivity contribution in [3.63, 3.8) is 0 Å². The van der Waals surface area contributed by atoms with E-state index in [1.165, 1.54) is 0 Å². The van der Waals surface area contributed by atoms with E-state index in [9.17, 15) is 8.42 Å². The van der Waals surface area contributed by atoms with Crippen molar-refractivity contribution in [2.24, 2.45) is 0 Å². The predicted octanol–water partition coefficient (Wildman–Crippen LogP) is 1.39. The van der Waals surface area contributed by atoms with Crippen LogP contribution >= 0.6 is 10.7 Å². The van der Waals surface area contributed by atoms with E-state index in [1.54, 1.807) is 0 Å². The number of rotatable bonds is 0. The second-order valence-corrected chi connectivity index (χ2v) is 9.96. The lowest BCUT2D eigenvalue weighted by Gasteiger charge is -2.01. The molecule has 0 aromatic carbocycles. The first kappa shape index (κ1) is 10.0. The van der Waals surface area contributed by atoms with Crippen LogP contribution in [-0.4, -0.2) is 16.5 Å². The molecule has 0 unspecified atom stereocenters. The van der Waals surface area contributed by atoms with Gasteiger partial charge in [-0.1, -0.05) is 19.6 Å². The van der Waals surface area contributed by atoms with Crippen LogP contribution in [0, 0.1) is 10.8 Å². The molecule has 0 N–H and O–H groups in total. The second kappa shape index (κ2) is 2.95. The molecule has 58 valence electrons. The van der Waals surface area contributed by atoms with Gasteiger partial charge in [-0.05, 0) is 0 Å². The molecule has 0 rings (SSSR count). The van der Waals surface area contributed by atoms with Crippen LogP contribution in [0.5, 0.6) is 0 Å². The van der Waals surface area contributed by atoms with Crippen LogP contribution in [-0.2, 0) is 9.05 Å². The number of hydrogen-bond donors (Lipinski definition) is 0. The normalized spacial score (nSPS) is 12.0. The highest BCUT2D eigenvalue weighted by molar-refractivity contribution is 8.17. The monoisotopic (exact) mass is 196 g/mol. The molecule has 0 fully saturated rings. The first-order valence-electron chi connectivity index (χ1n) is 2.69. The average Bonchev–Trinajstić information content (AvgIpc) is 1.57. The minimum Gasteiger partial charge on any atom is -0.198 e. The minimum atomic E-state index is -3.61. The highest BCUT2D eigenvalue weighted by Crippen LogP contribution is 1.99. The van der Waals surface area contributed by atoms with E-state index in [4.69, 9.17) is 10.7 Å². The maximum atomic E-state index is 10.3. The Labute approximate surface area is 67.0 Å². The highest BCUT2D eigenvalue weighted by Gasteiger charge is 2.09. The van der Waals surface area contributed by atoms with Crippen molar-refractivity contribution in [1.82, 2.24) is 0 Å². The van der Waals surface area contributed by atoms with Crippen LogP contribution < -0.4 is 0 Å². The van der Waals surface area contributed by atoms with E-state index in [2.05, 4.69) is 5.54 Å². The third kappa shape index (κ3) is 8.02. The first-order chi connectivity index (χ1) is 4.21. The average molecular weight is 197 g/mol. The molecule has 0 aliphatic heterocycles. The van der Waals surface area contributed by atoms with Crippen molar-refractivity contribution in [2.45, 2.75) is 19.6 Å². The van der Waals surface area contributed by atoms with Crippen molar-refractivity contribution < 1.29 is 8.42 Å². The van der Waals surface area contributed by atoms with Crippen LogP contribution in [0.15, 0.2) is 0 Å². The molecule has 0 aliphatic rings. The Hall–Kier alpha value is 0.0169. The topological polar surface area (TPSA) is 34.1 Å². The summed E-state index contributed by atoms with van der Waals surface area (Å²) in [5, 5.41) is 2.01. The van der Waals surface area contributed by atoms with Crippen molar-refractivity contribution in [1.29, 1.82) is 0 Å². The fourth-order valence-electron chi connectivity index (χ4n) is 0.214. The van der Waals surface area contributed by atoms with Crippen LogP contribution in [0.3, 0.4) is 0 Å². The standard InChI is InChI=1S/C5H9ClO2SSi/c1-10(2,3)5-4-9(6,7)8/h1-3H3. The van der Waals surface area contributed by atoms with E-state index in [0.717, 1.165) is 0 Å². The summed E-state index contributed by atoms with van der Waals surface area (Å²) in [4.78, 5) is 0. The SMILES string of the molecule is C[Si](C)(C)C#CS(=O)(=O)Cl. The summed E-state index contributed by atoms with van der Waals surface area (Å²) in [6.45, 7) is 5.84. The summed E-state index contributed by atoms with van der Waals surface area (Å²) in [5.41, 5.74) is 2.63. The molecule has 0 saturated carbocycles. The van der Waals surface area contributed by atoms with Crippen LogP contribution in [0.4, 0.5) is 0 Å². The fraction of sp³-hybridized carbons (Fsp3) is 0.600. The van der Waals surface area contributed by atoms with Gasteiger partial charge in [0.25, 0.3) is 9.05 Å². The van der Waals surface area contributed by atoms with Crippen LogP contribution in [0.2, 0.25) is 19.6 Å². The smallest absolute Gasteiger partial charge is 0.198 e. The molecule has 0 bridgehead atoms. The zero-order valence-electron chi connectivity index (χ0n) is 6.10. The van der Waals surface area contributed by atoms with Crippen LogP contribution in [0.1, 0.15) is 0 Å². The molecule has 0 radical (unpaired) electrons. The minimum absolute atomic E-state index is 1.59. The summed E-state index contributed by atoms with van der Waals surface area (Å²) in [7, 11) is -0.343. The maximum Gasteiger partial charge on any atom is 0.300 e. The molecule has 0 amide bonds. The fourth-order valence-corrected chi connectivity index (χ4v) is 2.27. The molecule has 10 heavy (non-hydrogen) atoms. The van der Waals surface area contributed by atoms with Gasteiger partial charge in [-0.15, -0.1) is 5.54 Å². The molecule has 0 atom stereocenters. The molecule has 0 aromatic rings. The molecule has 5 heteroatoms. The van der Waals surface area contributed by atoms with Gasteiger partial charge >= 0.3 is 0 Å². The van der Waals surface area contributed by atoms with Gasteiger partial charge in [0.05, 0.1) is 0 Å². The van der Waals surface area contributed by atoms with E-state index in [-0.39, 0.29) is 0 Å². The molecule has 0 aromatic heterocycles. The van der Waals surface area contributed by atoms with Crippen LogP contribution in [0.25, 0.3) is 0 Å². The molecule has 0 saturated heterocycles. The van der Waals surface area contributed by atoms with E-state index < -0.39 is 17.1 Å². The lowest BCUT2D eigenvalue weighted by atomic mass is 11.4. The Bertz CT molecular complexity index is 264. The van der Waals surface area contributed by atoms with Gasteiger partial charge in [-0.3, -0.25) is 0 Å². The Balaban J connectivity index is 4.51. The van der Waals surface area contributed by atoms with Gasteiger partial charge in [0.1, 0.15) is 8.07 Å². The van der Waals surface area contributed by atoms with Crippen molar-refractivity contribution in [3.8, 4) is 10.8 Å². The summed E-state index contributed by atoms with van der Waals surface area (Å²) < 4.78 is 20.6. The van der Waals surface area contributed by atoms with E-state index in [1.807, 2.05) is 24.9 Å². The zero-order chi connectivity index (χ0) is 8.41. The van der Waals surface area contributed by atoms with Gasteiger partial charge in [0, 0.05) is 15.9 Å². The maximum absolute atomic E-state index is 10.3. The molecular formula is C5H9ClO2SSi. The third-order valence-electron chi connectivity index (χ3n) is 0.548. The first-order valence-corrected chi connectivity index (χ1v) is 8.50. The van der Waals surface area contributed by atoms with E-state index in [0.29, 0.717) is 0 Å². The Kier molecular flexibility index (Phi) is 2.95. The Morgan fingerprint density at radius 2 is 1.70 bits per heavy atom. The van der Waals surface area contributed by atoms with Gasteiger partial charge in [0.15, 0.2) is 0 Å². The largest absolute Gasteiger partial charge is 0.300 e. The zero-order valence-corrected chi connectivity index (χ0v) is 8.68. The van der Waals surface area contributed by atoms with E-state index >= 15 is 0 Å². The summed E-state index contributed by atoms with van der Waals surface area (Å²) in [5.74, 6) is 0. The quantitative estimate of drug-likeness (QED) is 0.334. The number of hydrogen-bond acceptors (Lipinski definition) is 2. The molecule has 0 spiro atoms. The van der Waals surface area contributed by atoms with Crippen molar-refractivity contribution >= 4 is 27.8 Å². The molecule has 0 aliphatic carbocycles. The molecular weight excluding hydrogens is 188 g/mol. The van der Waals surface area contributed by atoms with Crippen molar-refractivity contribution in [2.75, 3.05) is 0 Å². The van der Waals surface area contributed by atoms with Gasteiger partial charge in [-0.25, -0.2) is 0 Å². The van der Waals surface area contributed by atoms with Crippen molar-refractivity contribution in [3.05, 3.63) is 0 Å². The van der Waals surface area contributed by atoms with Gasteiger partial charge in [-0.2, -0.15) is 8.42 Å². The Morgan fingerprint density at radius 3 is 1.80 bits per heavy atom. The van der Waals surface area contributed by atoms with Gasteiger partial charge in [0.2, 0.25) is 0 Å². The lowest BCUT2D eigenvalue weighted by Crippen LogP contribution is -2.16. The molecule has 2 nitrogen and oxygen atoms in total. The van der Waals surface area contributed by atoms with Gasteiger partial charge < -0.3 is 0 Å². The predicted molar refractivity (Wildman–Crippen MR) is 45.9 cm³/mol. The third-order valence-corrected chi connectivity index (χ3v) is 2.18. The summed E-state index contributed by atoms with van der Waals surface area (Å²) >= 11 is 0. The Morgan fingerprint density at radius 1 is 1.30 bits per heavy atom. The molecule has 0 heterocycles. The number of halogens is 1. The summed E-state index contributed by atoms with van der Waals surface area (Å²) in [6, 6.07) is 0. The second-order valence-electron chi connectivity index (χ2n) is 2.91. The lowest BCUT2D eigenvalue weighted by molar-refractivity contribution is 0.618. The summed E-state index contributed by atoms with van der Waals surface area (Å²) in [6.07, 6.45) is 0. The highest BCUT2D eigenvalue weighted by atomic mass is 35.7.